The van der Waals surface area contributed by atoms with Gasteiger partial charge in [0.1, 0.15) is 5.82 Å². The van der Waals surface area contributed by atoms with E-state index in [9.17, 15) is 13.2 Å². The fraction of sp³-hybridized carbons (Fsp3) is 0.316. The number of carbonyl (C=O) groups excluding carboxylic acids is 1. The molecule has 13 heteroatoms. The van der Waals surface area contributed by atoms with E-state index in [-0.39, 0.29) is 15.2 Å². The minimum Gasteiger partial charge on any atom is -0.352 e. The van der Waals surface area contributed by atoms with Crippen LogP contribution in [0.3, 0.4) is 0 Å². The Morgan fingerprint density at radius 3 is 2.38 bits per heavy atom. The predicted molar refractivity (Wildman–Crippen MR) is 122 cm³/mol. The number of nitrogens with zero attached hydrogens (tertiary/aromatic N) is 6. The molecule has 2 N–H and O–H groups in total. The second kappa shape index (κ2) is 9.14. The normalized spacial score (nSPS) is 14.9. The molecule has 0 aromatic carbocycles. The van der Waals surface area contributed by atoms with Gasteiger partial charge in [-0.15, -0.1) is 10.2 Å². The number of anilines is 4. The first-order valence-electron chi connectivity index (χ1n) is 9.83. The van der Waals surface area contributed by atoms with Gasteiger partial charge in [-0.05, 0) is 30.7 Å². The summed E-state index contributed by atoms with van der Waals surface area (Å²) in [6, 6.07) is 7.48. The zero-order chi connectivity index (χ0) is 22.7. The SMILES string of the molecule is CC(=O)Nc1ncc(S(=O)(=O)N2CCN(c3ccc(Nc4ccc(C)cn4)nn3)CC2)s1. The number of hydrogen-bond acceptors (Lipinski definition) is 10. The van der Waals surface area contributed by atoms with E-state index in [4.69, 9.17) is 0 Å². The van der Waals surface area contributed by atoms with Gasteiger partial charge in [0, 0.05) is 39.3 Å². The summed E-state index contributed by atoms with van der Waals surface area (Å²) < 4.78 is 27.3. The van der Waals surface area contributed by atoms with Crippen molar-refractivity contribution in [2.24, 2.45) is 0 Å². The van der Waals surface area contributed by atoms with Crippen molar-refractivity contribution in [2.45, 2.75) is 18.1 Å². The lowest BCUT2D eigenvalue weighted by Crippen LogP contribution is -2.48. The second-order valence-corrected chi connectivity index (χ2v) is 10.4. The Balaban J connectivity index is 1.36. The molecule has 1 saturated heterocycles. The Bertz CT molecular complexity index is 1190. The van der Waals surface area contributed by atoms with E-state index in [0.29, 0.717) is 43.6 Å². The lowest BCUT2D eigenvalue weighted by molar-refractivity contribution is -0.114. The predicted octanol–water partition coefficient (Wildman–Crippen LogP) is 1.85. The molecule has 3 aromatic rings. The molecular weight excluding hydrogens is 452 g/mol. The summed E-state index contributed by atoms with van der Waals surface area (Å²) in [5.41, 5.74) is 1.07. The molecule has 168 valence electrons. The van der Waals surface area contributed by atoms with Crippen LogP contribution >= 0.6 is 11.3 Å². The van der Waals surface area contributed by atoms with Crippen LogP contribution in [0.15, 0.2) is 40.9 Å². The molecule has 0 atom stereocenters. The molecular formula is C19H22N8O3S2. The highest BCUT2D eigenvalue weighted by Gasteiger charge is 2.30. The van der Waals surface area contributed by atoms with E-state index in [0.717, 1.165) is 16.9 Å². The molecule has 0 bridgehead atoms. The highest BCUT2D eigenvalue weighted by molar-refractivity contribution is 7.91. The molecule has 0 aliphatic carbocycles. The van der Waals surface area contributed by atoms with Crippen LogP contribution in [-0.4, -0.2) is 65.0 Å². The number of rotatable bonds is 6. The zero-order valence-electron chi connectivity index (χ0n) is 17.5. The van der Waals surface area contributed by atoms with Gasteiger partial charge in [-0.3, -0.25) is 4.79 Å². The largest absolute Gasteiger partial charge is 0.352 e. The first-order valence-corrected chi connectivity index (χ1v) is 12.1. The highest BCUT2D eigenvalue weighted by atomic mass is 32.2. The lowest BCUT2D eigenvalue weighted by Gasteiger charge is -2.34. The third-order valence-electron chi connectivity index (χ3n) is 4.74. The van der Waals surface area contributed by atoms with E-state index in [1.54, 1.807) is 6.20 Å². The number of aromatic nitrogens is 4. The number of pyridine rings is 1. The van der Waals surface area contributed by atoms with Crippen LogP contribution in [-0.2, 0) is 14.8 Å². The summed E-state index contributed by atoms with van der Waals surface area (Å²) in [7, 11) is -3.67. The molecule has 4 heterocycles. The molecule has 3 aromatic heterocycles. The number of thiazole rings is 1. The van der Waals surface area contributed by atoms with Crippen LogP contribution in [0.5, 0.6) is 0 Å². The fourth-order valence-electron chi connectivity index (χ4n) is 3.11. The highest BCUT2D eigenvalue weighted by Crippen LogP contribution is 2.27. The van der Waals surface area contributed by atoms with E-state index >= 15 is 0 Å². The van der Waals surface area contributed by atoms with Crippen molar-refractivity contribution in [3.63, 3.8) is 0 Å². The number of hydrogen-bond donors (Lipinski definition) is 2. The van der Waals surface area contributed by atoms with Crippen molar-refractivity contribution < 1.29 is 13.2 Å². The molecule has 0 saturated carbocycles. The first-order chi connectivity index (χ1) is 15.3. The number of carbonyl (C=O) groups is 1. The average molecular weight is 475 g/mol. The standard InChI is InChI=1S/C19H22N8O3S2/c1-13-3-4-15(20-11-13)23-16-5-6-17(25-24-16)26-7-9-27(10-8-26)32(29,30)18-12-21-19(31-18)22-14(2)28/h3-6,11-12H,7-10H2,1-2H3,(H,20,23,24)(H,21,22,28). The van der Waals surface area contributed by atoms with Crippen LogP contribution in [0.2, 0.25) is 0 Å². The Morgan fingerprint density at radius 2 is 1.75 bits per heavy atom. The van der Waals surface area contributed by atoms with E-state index in [2.05, 4.69) is 30.8 Å². The zero-order valence-corrected chi connectivity index (χ0v) is 19.2. The Kier molecular flexibility index (Phi) is 6.30. The smallest absolute Gasteiger partial charge is 0.254 e. The molecule has 32 heavy (non-hydrogen) atoms. The van der Waals surface area contributed by atoms with E-state index < -0.39 is 10.0 Å². The number of amides is 1. The van der Waals surface area contributed by atoms with E-state index in [1.807, 2.05) is 36.1 Å². The minimum absolute atomic E-state index is 0.106. The first kappa shape index (κ1) is 22.0. The number of nitrogens with one attached hydrogen (secondary N) is 2. The number of sulfonamides is 1. The van der Waals surface area contributed by atoms with Gasteiger partial charge in [0.05, 0.1) is 6.20 Å². The van der Waals surface area contributed by atoms with Crippen molar-refractivity contribution in [3.8, 4) is 0 Å². The van der Waals surface area contributed by atoms with Crippen molar-refractivity contribution in [2.75, 3.05) is 41.7 Å². The van der Waals surface area contributed by atoms with Gasteiger partial charge in [0.25, 0.3) is 10.0 Å². The Hall–Kier alpha value is -3.16. The molecule has 1 fully saturated rings. The van der Waals surface area contributed by atoms with Crippen molar-refractivity contribution in [3.05, 3.63) is 42.2 Å². The molecule has 1 aliphatic heterocycles. The maximum Gasteiger partial charge on any atom is 0.254 e. The van der Waals surface area contributed by atoms with Gasteiger partial charge in [-0.25, -0.2) is 18.4 Å². The Morgan fingerprint density at radius 1 is 1.00 bits per heavy atom. The summed E-state index contributed by atoms with van der Waals surface area (Å²) in [5.74, 6) is 1.64. The second-order valence-electron chi connectivity index (χ2n) is 7.18. The fourth-order valence-corrected chi connectivity index (χ4v) is 5.76. The van der Waals surface area contributed by atoms with Crippen LogP contribution in [0, 0.1) is 6.92 Å². The summed E-state index contributed by atoms with van der Waals surface area (Å²) >= 11 is 0.941. The molecule has 1 amide bonds. The maximum atomic E-state index is 12.9. The van der Waals surface area contributed by atoms with Gasteiger partial charge < -0.3 is 15.5 Å². The summed E-state index contributed by atoms with van der Waals surface area (Å²) in [4.78, 5) is 21.4. The molecule has 0 spiro atoms. The van der Waals surface area contributed by atoms with Gasteiger partial charge >= 0.3 is 0 Å². The topological polar surface area (TPSA) is 133 Å². The monoisotopic (exact) mass is 474 g/mol. The molecule has 0 radical (unpaired) electrons. The molecule has 11 nitrogen and oxygen atoms in total. The van der Waals surface area contributed by atoms with Crippen LogP contribution in [0.1, 0.15) is 12.5 Å². The maximum absolute atomic E-state index is 12.9. The van der Waals surface area contributed by atoms with Gasteiger partial charge in [0.2, 0.25) is 5.91 Å². The van der Waals surface area contributed by atoms with Gasteiger partial charge in [-0.2, -0.15) is 4.31 Å². The van der Waals surface area contributed by atoms with Crippen LogP contribution in [0.4, 0.5) is 22.6 Å². The number of piperazine rings is 1. The molecule has 0 unspecified atom stereocenters. The van der Waals surface area contributed by atoms with Gasteiger partial charge in [0.15, 0.2) is 21.0 Å². The Labute approximate surface area is 189 Å². The lowest BCUT2D eigenvalue weighted by atomic mass is 10.3. The molecule has 4 rings (SSSR count). The average Bonchev–Trinajstić information content (AvgIpc) is 3.25. The van der Waals surface area contributed by atoms with Crippen molar-refractivity contribution >= 4 is 49.9 Å². The van der Waals surface area contributed by atoms with Crippen molar-refractivity contribution in [1.29, 1.82) is 0 Å². The third kappa shape index (κ3) is 5.00. The summed E-state index contributed by atoms with van der Waals surface area (Å²) in [5, 5.41) is 14.3. The van der Waals surface area contributed by atoms with Gasteiger partial charge in [-0.1, -0.05) is 17.4 Å². The van der Waals surface area contributed by atoms with E-state index in [1.165, 1.54) is 17.4 Å². The minimum atomic E-state index is -3.67. The summed E-state index contributed by atoms with van der Waals surface area (Å²) in [6.45, 7) is 4.90. The van der Waals surface area contributed by atoms with Crippen LogP contribution in [0.25, 0.3) is 0 Å². The summed E-state index contributed by atoms with van der Waals surface area (Å²) in [6.07, 6.45) is 3.04. The quantitative estimate of drug-likeness (QED) is 0.549. The molecule has 1 aliphatic rings. The number of aryl methyl sites for hydroxylation is 1. The van der Waals surface area contributed by atoms with Crippen LogP contribution < -0.4 is 15.5 Å². The third-order valence-corrected chi connectivity index (χ3v) is 7.99. The van der Waals surface area contributed by atoms with Crippen molar-refractivity contribution in [1.82, 2.24) is 24.5 Å².